The van der Waals surface area contributed by atoms with Gasteiger partial charge in [-0.3, -0.25) is 0 Å². The quantitative estimate of drug-likeness (QED) is 0.456. The van der Waals surface area contributed by atoms with E-state index in [9.17, 15) is 0 Å². The second kappa shape index (κ2) is 7.10. The standard InChI is InChI=1S/C7H15NO3Si/c1-4-5-7(11-6-8)12(9-2)10-3/h7,12H,4-5H2,1-3H3. The Kier molecular flexibility index (Phi) is 6.76. The maximum atomic E-state index is 8.34. The van der Waals surface area contributed by atoms with Crippen LogP contribution >= 0.6 is 0 Å². The molecule has 0 bridgehead atoms. The van der Waals surface area contributed by atoms with Crippen LogP contribution in [0.2, 0.25) is 0 Å². The molecular formula is C7H15NO3Si. The highest BCUT2D eigenvalue weighted by Gasteiger charge is 2.25. The largest absolute Gasteiger partial charge is 0.423 e. The third-order valence-electron chi connectivity index (χ3n) is 1.55. The van der Waals surface area contributed by atoms with Gasteiger partial charge in [0.1, 0.15) is 0 Å². The van der Waals surface area contributed by atoms with Crippen LogP contribution in [-0.2, 0) is 13.6 Å². The summed E-state index contributed by atoms with van der Waals surface area (Å²) in [6, 6.07) is 0. The van der Waals surface area contributed by atoms with Gasteiger partial charge in [-0.2, -0.15) is 5.26 Å². The van der Waals surface area contributed by atoms with Gasteiger partial charge in [0.2, 0.25) is 0 Å². The van der Waals surface area contributed by atoms with Gasteiger partial charge in [-0.1, -0.05) is 13.3 Å². The molecule has 0 fully saturated rings. The Morgan fingerprint density at radius 2 is 2.00 bits per heavy atom. The van der Waals surface area contributed by atoms with Crippen molar-refractivity contribution in [3.8, 4) is 6.26 Å². The molecule has 70 valence electrons. The number of ether oxygens (including phenoxy) is 1. The molecular weight excluding hydrogens is 174 g/mol. The van der Waals surface area contributed by atoms with E-state index in [0.717, 1.165) is 12.8 Å². The number of hydrogen-bond donors (Lipinski definition) is 0. The Balaban J connectivity index is 3.97. The summed E-state index contributed by atoms with van der Waals surface area (Å²) in [6.45, 7) is 2.03. The average molecular weight is 189 g/mol. The Morgan fingerprint density at radius 3 is 2.33 bits per heavy atom. The number of rotatable bonds is 6. The van der Waals surface area contributed by atoms with Crippen molar-refractivity contribution in [2.45, 2.75) is 25.5 Å². The van der Waals surface area contributed by atoms with Crippen molar-refractivity contribution in [2.75, 3.05) is 14.2 Å². The van der Waals surface area contributed by atoms with Gasteiger partial charge in [-0.05, 0) is 6.42 Å². The van der Waals surface area contributed by atoms with Crippen molar-refractivity contribution in [3.63, 3.8) is 0 Å². The van der Waals surface area contributed by atoms with Gasteiger partial charge in [-0.15, -0.1) is 0 Å². The normalized spacial score (nSPS) is 12.6. The van der Waals surface area contributed by atoms with Crippen LogP contribution in [-0.4, -0.2) is 29.2 Å². The maximum absolute atomic E-state index is 8.34. The predicted molar refractivity (Wildman–Crippen MR) is 46.6 cm³/mol. The Hall–Kier alpha value is -0.573. The molecule has 4 nitrogen and oxygen atoms in total. The van der Waals surface area contributed by atoms with Crippen molar-refractivity contribution in [1.82, 2.24) is 0 Å². The summed E-state index contributed by atoms with van der Waals surface area (Å²) >= 11 is 0. The molecule has 0 aliphatic heterocycles. The summed E-state index contributed by atoms with van der Waals surface area (Å²) in [6.07, 6.45) is 3.45. The van der Waals surface area contributed by atoms with E-state index >= 15 is 0 Å². The fraction of sp³-hybridized carbons (Fsp3) is 0.857. The van der Waals surface area contributed by atoms with Crippen LogP contribution in [0.25, 0.3) is 0 Å². The van der Waals surface area contributed by atoms with E-state index in [4.69, 9.17) is 18.9 Å². The third kappa shape index (κ3) is 3.71. The van der Waals surface area contributed by atoms with E-state index in [0.29, 0.717) is 0 Å². The van der Waals surface area contributed by atoms with Crippen LogP contribution in [0, 0.1) is 11.5 Å². The number of nitrogens with zero attached hydrogens (tertiary/aromatic N) is 1. The minimum absolute atomic E-state index is 0.157. The minimum Gasteiger partial charge on any atom is -0.423 e. The molecule has 0 aromatic carbocycles. The number of nitriles is 1. The monoisotopic (exact) mass is 189 g/mol. The first-order valence-corrected chi connectivity index (χ1v) is 5.51. The molecule has 0 heterocycles. The summed E-state index contributed by atoms with van der Waals surface area (Å²) in [5, 5.41) is 8.34. The summed E-state index contributed by atoms with van der Waals surface area (Å²) in [5.41, 5.74) is -0.157. The Bertz CT molecular complexity index is 144. The maximum Gasteiger partial charge on any atom is 0.364 e. The zero-order valence-electron chi connectivity index (χ0n) is 7.74. The highest BCUT2D eigenvalue weighted by molar-refractivity contribution is 6.46. The van der Waals surface area contributed by atoms with Crippen molar-refractivity contribution >= 4 is 9.28 Å². The van der Waals surface area contributed by atoms with Gasteiger partial charge in [0, 0.05) is 14.2 Å². The lowest BCUT2D eigenvalue weighted by Gasteiger charge is -2.18. The zero-order valence-corrected chi connectivity index (χ0v) is 8.90. The molecule has 0 radical (unpaired) electrons. The molecule has 0 aromatic rings. The van der Waals surface area contributed by atoms with E-state index in [1.165, 1.54) is 0 Å². The van der Waals surface area contributed by atoms with Crippen molar-refractivity contribution in [1.29, 1.82) is 5.26 Å². The van der Waals surface area contributed by atoms with E-state index in [2.05, 4.69) is 0 Å². The molecule has 0 spiro atoms. The second-order valence-corrected chi connectivity index (χ2v) is 4.80. The molecule has 5 heteroatoms. The molecule has 0 aliphatic rings. The first kappa shape index (κ1) is 11.4. The van der Waals surface area contributed by atoms with E-state index < -0.39 is 9.28 Å². The topological polar surface area (TPSA) is 51.5 Å². The van der Waals surface area contributed by atoms with Gasteiger partial charge in [0.25, 0.3) is 6.26 Å². The third-order valence-corrected chi connectivity index (χ3v) is 3.55. The lowest BCUT2D eigenvalue weighted by Crippen LogP contribution is -2.36. The molecule has 1 unspecified atom stereocenters. The van der Waals surface area contributed by atoms with Crippen LogP contribution in [0.3, 0.4) is 0 Å². The van der Waals surface area contributed by atoms with Crippen LogP contribution in [0.5, 0.6) is 0 Å². The first-order chi connectivity index (χ1) is 5.79. The van der Waals surface area contributed by atoms with E-state index in [1.54, 1.807) is 20.5 Å². The first-order valence-electron chi connectivity index (χ1n) is 3.90. The van der Waals surface area contributed by atoms with Crippen LogP contribution < -0.4 is 0 Å². The molecule has 0 rings (SSSR count). The van der Waals surface area contributed by atoms with E-state index in [-0.39, 0.29) is 5.73 Å². The van der Waals surface area contributed by atoms with Gasteiger partial charge < -0.3 is 13.6 Å². The van der Waals surface area contributed by atoms with Gasteiger partial charge in [-0.25, -0.2) is 0 Å². The summed E-state index contributed by atoms with van der Waals surface area (Å²) in [5.74, 6) is 0. The van der Waals surface area contributed by atoms with E-state index in [1.807, 2.05) is 6.92 Å². The smallest absolute Gasteiger partial charge is 0.364 e. The molecule has 0 saturated carbocycles. The lowest BCUT2D eigenvalue weighted by molar-refractivity contribution is 0.150. The van der Waals surface area contributed by atoms with Gasteiger partial charge in [0.15, 0.2) is 5.73 Å². The zero-order chi connectivity index (χ0) is 9.40. The lowest BCUT2D eigenvalue weighted by atomic mass is 10.4. The molecule has 0 N–H and O–H groups in total. The highest BCUT2D eigenvalue weighted by atomic mass is 28.3. The molecule has 0 aliphatic carbocycles. The summed E-state index contributed by atoms with van der Waals surface area (Å²) in [7, 11) is 1.39. The second-order valence-electron chi connectivity index (χ2n) is 2.38. The highest BCUT2D eigenvalue weighted by Crippen LogP contribution is 2.06. The number of hydrogen-bond acceptors (Lipinski definition) is 4. The van der Waals surface area contributed by atoms with Crippen LogP contribution in [0.1, 0.15) is 19.8 Å². The predicted octanol–water partition coefficient (Wildman–Crippen LogP) is 0.705. The van der Waals surface area contributed by atoms with Crippen molar-refractivity contribution in [2.24, 2.45) is 0 Å². The van der Waals surface area contributed by atoms with Crippen LogP contribution in [0.4, 0.5) is 0 Å². The fourth-order valence-corrected chi connectivity index (χ4v) is 2.58. The Morgan fingerprint density at radius 1 is 1.42 bits per heavy atom. The van der Waals surface area contributed by atoms with Gasteiger partial charge >= 0.3 is 9.28 Å². The average Bonchev–Trinajstić information content (AvgIpc) is 2.07. The van der Waals surface area contributed by atoms with Crippen molar-refractivity contribution in [3.05, 3.63) is 0 Å². The minimum atomic E-state index is -1.79. The fourth-order valence-electron chi connectivity index (χ4n) is 1.00. The van der Waals surface area contributed by atoms with Gasteiger partial charge in [0.05, 0.1) is 0 Å². The van der Waals surface area contributed by atoms with Crippen LogP contribution in [0.15, 0.2) is 0 Å². The molecule has 0 aromatic heterocycles. The Labute approximate surface area is 74.9 Å². The molecule has 0 saturated heterocycles. The summed E-state index contributed by atoms with van der Waals surface area (Å²) in [4.78, 5) is 0. The summed E-state index contributed by atoms with van der Waals surface area (Å²) < 4.78 is 15.1. The SMILES string of the molecule is CCCC(OC#N)[SiH](OC)OC. The molecule has 1 atom stereocenters. The molecule has 0 amide bonds. The molecule has 12 heavy (non-hydrogen) atoms. The van der Waals surface area contributed by atoms with Crippen molar-refractivity contribution < 1.29 is 13.6 Å².